The summed E-state index contributed by atoms with van der Waals surface area (Å²) in [6.45, 7) is 2.07. The van der Waals surface area contributed by atoms with Gasteiger partial charge in [0.25, 0.3) is 5.56 Å². The molecule has 2 N–H and O–H groups in total. The molecule has 0 saturated heterocycles. The maximum absolute atomic E-state index is 12.7. The van der Waals surface area contributed by atoms with Gasteiger partial charge in [0.1, 0.15) is 5.82 Å². The quantitative estimate of drug-likeness (QED) is 0.336. The van der Waals surface area contributed by atoms with Crippen LogP contribution >= 0.6 is 15.9 Å². The second-order valence-corrected chi connectivity index (χ2v) is 7.74. The van der Waals surface area contributed by atoms with E-state index in [1.807, 2.05) is 36.4 Å². The molecule has 2 heterocycles. The number of aromatic amines is 1. The number of halogens is 1. The van der Waals surface area contributed by atoms with Crippen molar-refractivity contribution in [2.24, 2.45) is 0 Å². The van der Waals surface area contributed by atoms with Crippen LogP contribution in [-0.4, -0.2) is 9.97 Å². The zero-order valence-corrected chi connectivity index (χ0v) is 16.7. The Labute approximate surface area is 169 Å². The van der Waals surface area contributed by atoms with E-state index in [1.165, 1.54) is 0 Å². The van der Waals surface area contributed by atoms with Gasteiger partial charge in [0.05, 0.1) is 16.6 Å². The van der Waals surface area contributed by atoms with Gasteiger partial charge in [0.2, 0.25) is 0 Å². The average Bonchev–Trinajstić information content (AvgIpc) is 2.70. The van der Waals surface area contributed by atoms with Crippen molar-refractivity contribution in [3.63, 3.8) is 0 Å². The fourth-order valence-electron chi connectivity index (χ4n) is 3.69. The van der Waals surface area contributed by atoms with E-state index in [0.29, 0.717) is 11.2 Å². The van der Waals surface area contributed by atoms with Crippen molar-refractivity contribution in [3.05, 3.63) is 87.3 Å². The van der Waals surface area contributed by atoms with Gasteiger partial charge < -0.3 is 10.3 Å². The number of hydrogen-bond acceptors (Lipinski definition) is 3. The summed E-state index contributed by atoms with van der Waals surface area (Å²) >= 11 is 3.50. The molecule has 4 nitrogen and oxygen atoms in total. The first-order valence-corrected chi connectivity index (χ1v) is 9.77. The largest absolute Gasteiger partial charge is 0.339 e. The molecule has 136 valence electrons. The van der Waals surface area contributed by atoms with Crippen molar-refractivity contribution in [3.8, 4) is 0 Å². The van der Waals surface area contributed by atoms with Gasteiger partial charge in [0.15, 0.2) is 0 Å². The minimum Gasteiger partial charge on any atom is -0.339 e. The molecule has 0 fully saturated rings. The monoisotopic (exact) mass is 429 g/mol. The minimum atomic E-state index is -0.124. The SMILES string of the molecule is Cc1ccc2ccccc2c1Nc1nc2ccc(Br)cc2c2c(=O)[nH]ccc12. The van der Waals surface area contributed by atoms with Gasteiger partial charge >= 0.3 is 0 Å². The summed E-state index contributed by atoms with van der Waals surface area (Å²) in [5, 5.41) is 8.05. The molecular weight excluding hydrogens is 414 g/mol. The lowest BCUT2D eigenvalue weighted by Gasteiger charge is -2.15. The number of aromatic nitrogens is 2. The number of benzene rings is 3. The highest BCUT2D eigenvalue weighted by molar-refractivity contribution is 9.10. The summed E-state index contributed by atoms with van der Waals surface area (Å²) < 4.78 is 0.914. The van der Waals surface area contributed by atoms with Crippen LogP contribution in [0.2, 0.25) is 0 Å². The van der Waals surface area contributed by atoms with Crippen LogP contribution in [0.3, 0.4) is 0 Å². The van der Waals surface area contributed by atoms with Crippen LogP contribution in [0.1, 0.15) is 5.56 Å². The first-order valence-electron chi connectivity index (χ1n) is 8.98. The van der Waals surface area contributed by atoms with Crippen LogP contribution in [0.15, 0.2) is 76.1 Å². The van der Waals surface area contributed by atoms with E-state index in [2.05, 4.69) is 57.4 Å². The van der Waals surface area contributed by atoms with Crippen molar-refractivity contribution in [2.75, 3.05) is 5.32 Å². The summed E-state index contributed by atoms with van der Waals surface area (Å²) in [5.74, 6) is 0.676. The normalized spacial score (nSPS) is 11.4. The Hall–Kier alpha value is -3.18. The number of aryl methyl sites for hydroxylation is 1. The van der Waals surface area contributed by atoms with Gasteiger partial charge in [-0.15, -0.1) is 0 Å². The Morgan fingerprint density at radius 2 is 1.82 bits per heavy atom. The fourth-order valence-corrected chi connectivity index (χ4v) is 4.05. The Balaban J connectivity index is 1.83. The highest BCUT2D eigenvalue weighted by atomic mass is 79.9. The smallest absolute Gasteiger partial charge is 0.256 e. The van der Waals surface area contributed by atoms with E-state index in [0.717, 1.165) is 42.8 Å². The van der Waals surface area contributed by atoms with Crippen LogP contribution in [0.25, 0.3) is 32.4 Å². The zero-order chi connectivity index (χ0) is 19.3. The standard InChI is InChI=1S/C23H16BrN3O/c1-13-6-7-14-4-2-3-5-16(14)21(13)27-22-17-10-11-25-23(28)20(17)18-12-15(24)8-9-19(18)26-22/h2-12H,1H3,(H,25,28)(H,26,27). The average molecular weight is 430 g/mol. The lowest BCUT2D eigenvalue weighted by atomic mass is 10.0. The number of rotatable bonds is 2. The van der Waals surface area contributed by atoms with Crippen LogP contribution < -0.4 is 10.9 Å². The summed E-state index contributed by atoms with van der Waals surface area (Å²) in [6.07, 6.45) is 1.66. The van der Waals surface area contributed by atoms with Crippen molar-refractivity contribution in [2.45, 2.75) is 6.92 Å². The molecule has 2 aromatic heterocycles. The zero-order valence-electron chi connectivity index (χ0n) is 15.1. The first kappa shape index (κ1) is 17.0. The molecule has 0 bridgehead atoms. The number of fused-ring (bicyclic) bond motifs is 4. The topological polar surface area (TPSA) is 57.8 Å². The maximum Gasteiger partial charge on any atom is 0.256 e. The summed E-state index contributed by atoms with van der Waals surface area (Å²) in [6, 6.07) is 20.1. The van der Waals surface area contributed by atoms with E-state index >= 15 is 0 Å². The van der Waals surface area contributed by atoms with Crippen LogP contribution in [0.4, 0.5) is 11.5 Å². The van der Waals surface area contributed by atoms with Gasteiger partial charge in [-0.2, -0.15) is 0 Å². The highest BCUT2D eigenvalue weighted by Gasteiger charge is 2.14. The van der Waals surface area contributed by atoms with Gasteiger partial charge in [-0.3, -0.25) is 4.79 Å². The predicted octanol–water partition coefficient (Wildman–Crippen LogP) is 6.04. The number of nitrogens with zero attached hydrogens (tertiary/aromatic N) is 1. The molecular formula is C23H16BrN3O. The molecule has 0 unspecified atom stereocenters. The molecule has 0 aliphatic heterocycles. The molecule has 0 spiro atoms. The molecule has 5 aromatic rings. The molecule has 0 atom stereocenters. The molecule has 0 aliphatic carbocycles. The Kier molecular flexibility index (Phi) is 3.91. The Bertz CT molecular complexity index is 1440. The maximum atomic E-state index is 12.7. The van der Waals surface area contributed by atoms with Crippen LogP contribution in [-0.2, 0) is 0 Å². The molecule has 3 aromatic carbocycles. The van der Waals surface area contributed by atoms with Crippen molar-refractivity contribution in [1.82, 2.24) is 9.97 Å². The second kappa shape index (κ2) is 6.46. The molecule has 0 saturated carbocycles. The molecule has 5 heteroatoms. The third-order valence-corrected chi connectivity index (χ3v) is 5.55. The van der Waals surface area contributed by atoms with Crippen molar-refractivity contribution >= 4 is 59.9 Å². The van der Waals surface area contributed by atoms with E-state index in [9.17, 15) is 4.79 Å². The highest BCUT2D eigenvalue weighted by Crippen LogP contribution is 2.34. The van der Waals surface area contributed by atoms with E-state index in [1.54, 1.807) is 6.20 Å². The number of hydrogen-bond donors (Lipinski definition) is 2. The number of nitrogens with one attached hydrogen (secondary N) is 2. The van der Waals surface area contributed by atoms with E-state index < -0.39 is 0 Å². The van der Waals surface area contributed by atoms with Gasteiger partial charge in [-0.25, -0.2) is 4.98 Å². The van der Waals surface area contributed by atoms with Crippen molar-refractivity contribution < 1.29 is 0 Å². The van der Waals surface area contributed by atoms with E-state index in [-0.39, 0.29) is 5.56 Å². The van der Waals surface area contributed by atoms with Crippen LogP contribution in [0, 0.1) is 6.92 Å². The predicted molar refractivity (Wildman–Crippen MR) is 120 cm³/mol. The molecule has 0 radical (unpaired) electrons. The first-order chi connectivity index (χ1) is 13.6. The van der Waals surface area contributed by atoms with Gasteiger partial charge in [-0.1, -0.05) is 52.3 Å². The van der Waals surface area contributed by atoms with Gasteiger partial charge in [-0.05, 0) is 42.1 Å². The van der Waals surface area contributed by atoms with E-state index in [4.69, 9.17) is 4.98 Å². The fraction of sp³-hybridized carbons (Fsp3) is 0.0435. The number of anilines is 2. The van der Waals surface area contributed by atoms with Crippen molar-refractivity contribution in [1.29, 1.82) is 0 Å². The lowest BCUT2D eigenvalue weighted by molar-refractivity contribution is 1.27. The Morgan fingerprint density at radius 3 is 2.71 bits per heavy atom. The molecule has 28 heavy (non-hydrogen) atoms. The Morgan fingerprint density at radius 1 is 0.964 bits per heavy atom. The number of pyridine rings is 2. The number of H-pyrrole nitrogens is 1. The third kappa shape index (κ3) is 2.67. The summed E-state index contributed by atoms with van der Waals surface area (Å²) in [4.78, 5) is 20.3. The van der Waals surface area contributed by atoms with Gasteiger partial charge in [0, 0.05) is 26.8 Å². The summed E-state index contributed by atoms with van der Waals surface area (Å²) in [7, 11) is 0. The second-order valence-electron chi connectivity index (χ2n) is 6.82. The molecule has 0 amide bonds. The third-order valence-electron chi connectivity index (χ3n) is 5.06. The molecule has 5 rings (SSSR count). The minimum absolute atomic E-state index is 0.124. The lowest BCUT2D eigenvalue weighted by Crippen LogP contribution is -2.08. The van der Waals surface area contributed by atoms with Crippen LogP contribution in [0.5, 0.6) is 0 Å². The molecule has 0 aliphatic rings. The summed E-state index contributed by atoms with van der Waals surface area (Å²) in [5.41, 5.74) is 2.77.